The second kappa shape index (κ2) is 7.45. The van der Waals surface area contributed by atoms with Crippen molar-refractivity contribution in [3.05, 3.63) is 53.9 Å². The molecule has 0 aliphatic heterocycles. The molecule has 0 spiro atoms. The zero-order valence-electron chi connectivity index (χ0n) is 13.9. The zero-order chi connectivity index (χ0) is 17.9. The van der Waals surface area contributed by atoms with E-state index in [1.165, 1.54) is 0 Å². The Morgan fingerprint density at radius 3 is 2.52 bits per heavy atom. The molecule has 0 amide bonds. The summed E-state index contributed by atoms with van der Waals surface area (Å²) in [5, 5.41) is -0.601. The molecule has 2 aromatic rings. The molecule has 134 valence electrons. The lowest BCUT2D eigenvalue weighted by atomic mass is 10.1. The largest absolute Gasteiger partial charge is 0.497 e. The number of methoxy groups -OCH3 is 1. The van der Waals surface area contributed by atoms with Crippen LogP contribution in [0.5, 0.6) is 5.75 Å². The van der Waals surface area contributed by atoms with Crippen LogP contribution in [0, 0.1) is 5.82 Å². The summed E-state index contributed by atoms with van der Waals surface area (Å²) in [5.41, 5.74) is 0.844. The van der Waals surface area contributed by atoms with Crippen molar-refractivity contribution in [2.75, 3.05) is 7.11 Å². The number of sulfonamides is 1. The Bertz CT molecular complexity index is 810. The molecule has 1 aromatic carbocycles. The van der Waals surface area contributed by atoms with Gasteiger partial charge in [0.05, 0.1) is 24.8 Å². The summed E-state index contributed by atoms with van der Waals surface area (Å²) in [6.45, 7) is 0.208. The maximum absolute atomic E-state index is 13.0. The van der Waals surface area contributed by atoms with Crippen LogP contribution in [0.15, 0.2) is 36.7 Å². The average Bonchev–Trinajstić information content (AvgIpc) is 3.12. The molecule has 25 heavy (non-hydrogen) atoms. The van der Waals surface area contributed by atoms with E-state index in [2.05, 4.69) is 14.7 Å². The molecule has 8 heteroatoms. The van der Waals surface area contributed by atoms with Crippen LogP contribution in [-0.2, 0) is 16.6 Å². The van der Waals surface area contributed by atoms with Gasteiger partial charge in [-0.3, -0.25) is 0 Å². The minimum Gasteiger partial charge on any atom is -0.497 e. The molecule has 1 aliphatic carbocycles. The number of nitrogens with one attached hydrogen (secondary N) is 1. The van der Waals surface area contributed by atoms with Gasteiger partial charge >= 0.3 is 0 Å². The highest BCUT2D eigenvalue weighted by molar-refractivity contribution is 7.90. The van der Waals surface area contributed by atoms with Crippen LogP contribution in [0.1, 0.15) is 36.6 Å². The van der Waals surface area contributed by atoms with Crippen LogP contribution in [0.25, 0.3) is 0 Å². The fourth-order valence-electron chi connectivity index (χ4n) is 3.14. The van der Waals surface area contributed by atoms with Crippen molar-refractivity contribution in [3.63, 3.8) is 0 Å². The molecule has 1 fully saturated rings. The number of nitrogens with zero attached hydrogens (tertiary/aromatic N) is 2. The number of benzene rings is 1. The maximum Gasteiger partial charge on any atom is 0.215 e. The second-order valence-corrected chi connectivity index (χ2v) is 8.03. The Labute approximate surface area is 146 Å². The van der Waals surface area contributed by atoms with Crippen molar-refractivity contribution in [2.45, 2.75) is 37.0 Å². The molecule has 1 heterocycles. The van der Waals surface area contributed by atoms with Gasteiger partial charge in [0, 0.05) is 12.5 Å². The molecule has 6 nitrogen and oxygen atoms in total. The van der Waals surface area contributed by atoms with E-state index in [0.29, 0.717) is 18.7 Å². The highest BCUT2D eigenvalue weighted by Gasteiger charge is 2.39. The molecule has 3 rings (SSSR count). The van der Waals surface area contributed by atoms with E-state index < -0.39 is 21.1 Å². The minimum absolute atomic E-state index is 0.208. The number of rotatable bonds is 6. The number of hydrogen-bond donors (Lipinski definition) is 1. The van der Waals surface area contributed by atoms with E-state index >= 15 is 0 Å². The lowest BCUT2D eigenvalue weighted by Gasteiger charge is -2.19. The van der Waals surface area contributed by atoms with E-state index in [0.717, 1.165) is 30.1 Å². The maximum atomic E-state index is 13.0. The van der Waals surface area contributed by atoms with Gasteiger partial charge in [0.25, 0.3) is 0 Å². The summed E-state index contributed by atoms with van der Waals surface area (Å²) < 4.78 is 46.2. The molecule has 0 radical (unpaired) electrons. The fourth-order valence-corrected chi connectivity index (χ4v) is 4.89. The molecule has 0 unspecified atom stereocenters. The van der Waals surface area contributed by atoms with Crippen LogP contribution in [-0.4, -0.2) is 30.7 Å². The van der Waals surface area contributed by atoms with Gasteiger partial charge in [-0.15, -0.1) is 0 Å². The van der Waals surface area contributed by atoms with Gasteiger partial charge in [-0.05, 0) is 30.5 Å². The Balaban J connectivity index is 1.70. The minimum atomic E-state index is -3.54. The molecule has 1 saturated carbocycles. The third-order valence-electron chi connectivity index (χ3n) is 4.46. The number of hydrogen-bond acceptors (Lipinski definition) is 5. The SMILES string of the molecule is COc1ccc(CNS(=O)(=O)[C@H]2CCC[C@@H]2c2ncc(F)cn2)cc1. The van der Waals surface area contributed by atoms with Crippen LogP contribution in [0.3, 0.4) is 0 Å². The van der Waals surface area contributed by atoms with Crippen molar-refractivity contribution in [1.29, 1.82) is 0 Å². The first kappa shape index (κ1) is 17.8. The van der Waals surface area contributed by atoms with Gasteiger partial charge in [0.15, 0.2) is 5.82 Å². The highest BCUT2D eigenvalue weighted by Crippen LogP contribution is 2.36. The molecular formula is C17H20FN3O3S. The van der Waals surface area contributed by atoms with Crippen molar-refractivity contribution >= 4 is 10.0 Å². The smallest absolute Gasteiger partial charge is 0.215 e. The van der Waals surface area contributed by atoms with Crippen LogP contribution in [0.2, 0.25) is 0 Å². The first-order valence-corrected chi connectivity index (χ1v) is 9.63. The summed E-state index contributed by atoms with van der Waals surface area (Å²) in [6.07, 6.45) is 4.16. The monoisotopic (exact) mass is 365 g/mol. The van der Waals surface area contributed by atoms with Crippen molar-refractivity contribution in [3.8, 4) is 5.75 Å². The standard InChI is InChI=1S/C17H20FN3O3S/c1-24-14-7-5-12(6-8-14)9-21-25(22,23)16-4-2-3-15(16)17-19-10-13(18)11-20-17/h5-8,10-11,15-16,21H,2-4,9H2,1H3/t15-,16-/m0/s1. The number of aromatic nitrogens is 2. The third-order valence-corrected chi connectivity index (χ3v) is 6.37. The second-order valence-electron chi connectivity index (χ2n) is 6.05. The molecule has 1 aromatic heterocycles. The van der Waals surface area contributed by atoms with Gasteiger partial charge in [-0.25, -0.2) is 27.5 Å². The van der Waals surface area contributed by atoms with E-state index in [1.54, 1.807) is 19.2 Å². The fraction of sp³-hybridized carbons (Fsp3) is 0.412. The Morgan fingerprint density at radius 2 is 1.88 bits per heavy atom. The summed E-state index contributed by atoms with van der Waals surface area (Å²) in [4.78, 5) is 7.94. The molecule has 1 N–H and O–H groups in total. The van der Waals surface area contributed by atoms with Gasteiger partial charge in [-0.1, -0.05) is 18.6 Å². The van der Waals surface area contributed by atoms with E-state index in [9.17, 15) is 12.8 Å². The van der Waals surface area contributed by atoms with Gasteiger partial charge in [0.2, 0.25) is 10.0 Å². The Kier molecular flexibility index (Phi) is 5.29. The Morgan fingerprint density at radius 1 is 1.20 bits per heavy atom. The first-order valence-electron chi connectivity index (χ1n) is 8.08. The first-order chi connectivity index (χ1) is 12.0. The topological polar surface area (TPSA) is 81.2 Å². The van der Waals surface area contributed by atoms with Crippen LogP contribution in [0.4, 0.5) is 4.39 Å². The predicted molar refractivity (Wildman–Crippen MR) is 91.1 cm³/mol. The summed E-state index contributed by atoms with van der Waals surface area (Å²) in [6, 6.07) is 7.20. The highest BCUT2D eigenvalue weighted by atomic mass is 32.2. The van der Waals surface area contributed by atoms with Gasteiger partial charge in [0.1, 0.15) is 11.6 Å². The van der Waals surface area contributed by atoms with Crippen LogP contribution >= 0.6 is 0 Å². The lowest BCUT2D eigenvalue weighted by Crippen LogP contribution is -2.36. The molecular weight excluding hydrogens is 345 g/mol. The molecule has 0 saturated heterocycles. The summed E-state index contributed by atoms with van der Waals surface area (Å²) in [7, 11) is -1.96. The number of halogens is 1. The number of ether oxygens (including phenoxy) is 1. The normalized spacial score (nSPS) is 20.6. The van der Waals surface area contributed by atoms with Crippen molar-refractivity contribution < 1.29 is 17.5 Å². The zero-order valence-corrected chi connectivity index (χ0v) is 14.7. The molecule has 2 atom stereocenters. The van der Waals surface area contributed by atoms with Crippen LogP contribution < -0.4 is 9.46 Å². The lowest BCUT2D eigenvalue weighted by molar-refractivity contribution is 0.414. The van der Waals surface area contributed by atoms with Crippen molar-refractivity contribution in [1.82, 2.24) is 14.7 Å². The summed E-state index contributed by atoms with van der Waals surface area (Å²) in [5.74, 6) is 0.266. The Hall–Kier alpha value is -2.06. The van der Waals surface area contributed by atoms with E-state index in [4.69, 9.17) is 4.74 Å². The predicted octanol–water partition coefficient (Wildman–Crippen LogP) is 2.38. The average molecular weight is 365 g/mol. The van der Waals surface area contributed by atoms with Gasteiger partial charge in [-0.2, -0.15) is 0 Å². The third kappa shape index (κ3) is 4.13. The van der Waals surface area contributed by atoms with Gasteiger partial charge < -0.3 is 4.74 Å². The van der Waals surface area contributed by atoms with Crippen molar-refractivity contribution in [2.24, 2.45) is 0 Å². The molecule has 1 aliphatic rings. The quantitative estimate of drug-likeness (QED) is 0.850. The van der Waals surface area contributed by atoms with E-state index in [1.807, 2.05) is 12.1 Å². The summed E-state index contributed by atoms with van der Waals surface area (Å²) >= 11 is 0. The van der Waals surface area contributed by atoms with E-state index in [-0.39, 0.29) is 12.5 Å². The molecule has 0 bridgehead atoms.